The number of primary amides is 1. The summed E-state index contributed by atoms with van der Waals surface area (Å²) in [6.07, 6.45) is 1.61. The lowest BCUT2D eigenvalue weighted by molar-refractivity contribution is 0.0998. The molecular formula is C14H10ClN3OS. The van der Waals surface area contributed by atoms with E-state index < -0.39 is 5.91 Å². The van der Waals surface area contributed by atoms with Crippen molar-refractivity contribution in [3.8, 4) is 5.69 Å². The van der Waals surface area contributed by atoms with Crippen LogP contribution in [0.1, 0.15) is 10.4 Å². The summed E-state index contributed by atoms with van der Waals surface area (Å²) in [5, 5.41) is 11.5. The monoisotopic (exact) mass is 303 g/mol. The van der Waals surface area contributed by atoms with Gasteiger partial charge in [0, 0.05) is 16.3 Å². The van der Waals surface area contributed by atoms with Gasteiger partial charge in [-0.05, 0) is 29.6 Å². The molecule has 3 aromatic rings. The van der Waals surface area contributed by atoms with Gasteiger partial charge in [0.25, 0.3) is 5.91 Å². The number of carbonyl (C=O) groups excluding carboxylic acids is 1. The topological polar surface area (TPSA) is 71.9 Å². The van der Waals surface area contributed by atoms with E-state index in [1.165, 1.54) is 6.07 Å². The summed E-state index contributed by atoms with van der Waals surface area (Å²) in [6.45, 7) is 0. The largest absolute Gasteiger partial charge is 0.365 e. The zero-order chi connectivity index (χ0) is 14.3. The van der Waals surface area contributed by atoms with E-state index in [1.54, 1.807) is 22.1 Å². The van der Waals surface area contributed by atoms with Crippen LogP contribution in [0.4, 0.5) is 0 Å². The first-order valence-electron chi connectivity index (χ1n) is 5.81. The second kappa shape index (κ2) is 4.77. The summed E-state index contributed by atoms with van der Waals surface area (Å²) in [5.41, 5.74) is 6.23. The van der Waals surface area contributed by atoms with Gasteiger partial charge in [-0.2, -0.15) is 0 Å². The molecule has 0 bridgehead atoms. The van der Waals surface area contributed by atoms with Crippen LogP contribution < -0.4 is 11.2 Å². The first kappa shape index (κ1) is 12.9. The summed E-state index contributed by atoms with van der Waals surface area (Å²) >= 11 is 7.65. The molecule has 0 atom stereocenters. The predicted molar refractivity (Wildman–Crippen MR) is 80.5 cm³/mol. The van der Waals surface area contributed by atoms with Gasteiger partial charge in [-0.15, -0.1) is 11.3 Å². The van der Waals surface area contributed by atoms with Crippen molar-refractivity contribution in [1.29, 1.82) is 5.41 Å². The third kappa shape index (κ3) is 2.01. The van der Waals surface area contributed by atoms with Gasteiger partial charge in [-0.3, -0.25) is 14.8 Å². The lowest BCUT2D eigenvalue weighted by Crippen LogP contribution is -2.28. The molecule has 4 nitrogen and oxygen atoms in total. The average molecular weight is 304 g/mol. The maximum Gasteiger partial charge on any atom is 0.252 e. The van der Waals surface area contributed by atoms with Crippen LogP contribution in [0, 0.1) is 5.41 Å². The smallest absolute Gasteiger partial charge is 0.252 e. The minimum atomic E-state index is -0.663. The average Bonchev–Trinajstić information content (AvgIpc) is 2.89. The molecule has 0 unspecified atom stereocenters. The number of hydrogen-bond acceptors (Lipinski definition) is 3. The molecule has 0 saturated heterocycles. The molecule has 20 heavy (non-hydrogen) atoms. The molecule has 3 N–H and O–H groups in total. The Bertz CT molecular complexity index is 882. The van der Waals surface area contributed by atoms with Crippen LogP contribution in [0.5, 0.6) is 0 Å². The minimum absolute atomic E-state index is 0.0283. The number of nitrogens with two attached hydrogens (primary N) is 1. The van der Waals surface area contributed by atoms with Crippen LogP contribution in [0.2, 0.25) is 5.02 Å². The molecule has 2 aromatic heterocycles. The highest BCUT2D eigenvalue weighted by Crippen LogP contribution is 2.26. The normalized spacial score (nSPS) is 10.8. The first-order valence-corrected chi connectivity index (χ1v) is 7.07. The van der Waals surface area contributed by atoms with E-state index in [0.29, 0.717) is 5.02 Å². The van der Waals surface area contributed by atoms with Crippen molar-refractivity contribution >= 4 is 38.9 Å². The molecule has 0 radical (unpaired) electrons. The zero-order valence-electron chi connectivity index (χ0n) is 10.3. The second-order valence-electron chi connectivity index (χ2n) is 4.26. The lowest BCUT2D eigenvalue weighted by Gasteiger charge is -2.11. The lowest BCUT2D eigenvalue weighted by atomic mass is 10.2. The number of hydrogen-bond donors (Lipinski definition) is 2. The van der Waals surface area contributed by atoms with E-state index in [1.807, 2.05) is 29.6 Å². The predicted octanol–water partition coefficient (Wildman–Crippen LogP) is 2.92. The number of fused-ring (bicyclic) bond motifs is 1. The van der Waals surface area contributed by atoms with E-state index in [4.69, 9.17) is 22.7 Å². The first-order chi connectivity index (χ1) is 9.58. The maximum atomic E-state index is 11.4. The van der Waals surface area contributed by atoms with Gasteiger partial charge < -0.3 is 5.73 Å². The number of rotatable bonds is 2. The standard InChI is InChI=1S/C14H10ClN3OS/c15-8-6-10(14(17)19)13(16)18(7-8)11-2-1-3-12-9(11)4-5-20-12/h1-7,16H,(H2,17,19). The highest BCUT2D eigenvalue weighted by atomic mass is 35.5. The molecule has 0 aliphatic rings. The van der Waals surface area contributed by atoms with Crippen LogP contribution >= 0.6 is 22.9 Å². The number of halogens is 1. The van der Waals surface area contributed by atoms with E-state index >= 15 is 0 Å². The van der Waals surface area contributed by atoms with Gasteiger partial charge in [-0.25, -0.2) is 0 Å². The second-order valence-corrected chi connectivity index (χ2v) is 5.65. The summed E-state index contributed by atoms with van der Waals surface area (Å²) in [4.78, 5) is 11.4. The molecule has 0 fully saturated rings. The Kier molecular flexibility index (Phi) is 3.08. The molecule has 0 aliphatic carbocycles. The third-order valence-electron chi connectivity index (χ3n) is 3.03. The number of benzene rings is 1. The van der Waals surface area contributed by atoms with Crippen LogP contribution in [0.25, 0.3) is 15.8 Å². The van der Waals surface area contributed by atoms with Gasteiger partial charge in [-0.1, -0.05) is 17.7 Å². The fourth-order valence-corrected chi connectivity index (χ4v) is 3.14. The van der Waals surface area contributed by atoms with Crippen molar-refractivity contribution in [2.45, 2.75) is 0 Å². The van der Waals surface area contributed by atoms with Gasteiger partial charge >= 0.3 is 0 Å². The third-order valence-corrected chi connectivity index (χ3v) is 4.12. The number of pyridine rings is 1. The number of amides is 1. The Hall–Kier alpha value is -2.11. The van der Waals surface area contributed by atoms with E-state index in [9.17, 15) is 4.79 Å². The number of thiophene rings is 1. The summed E-state index contributed by atoms with van der Waals surface area (Å²) in [7, 11) is 0. The number of aromatic nitrogens is 1. The Morgan fingerprint density at radius 3 is 2.90 bits per heavy atom. The Balaban J connectivity index is 2.38. The van der Waals surface area contributed by atoms with Gasteiger partial charge in [0.2, 0.25) is 0 Å². The molecule has 1 amide bonds. The van der Waals surface area contributed by atoms with Crippen LogP contribution in [0.3, 0.4) is 0 Å². The Morgan fingerprint density at radius 1 is 1.35 bits per heavy atom. The van der Waals surface area contributed by atoms with E-state index in [2.05, 4.69) is 0 Å². The highest BCUT2D eigenvalue weighted by Gasteiger charge is 2.11. The fraction of sp³-hybridized carbons (Fsp3) is 0. The van der Waals surface area contributed by atoms with Crippen LogP contribution in [-0.4, -0.2) is 10.5 Å². The molecule has 6 heteroatoms. The molecule has 0 spiro atoms. The van der Waals surface area contributed by atoms with Crippen molar-refractivity contribution in [3.05, 3.63) is 58.0 Å². The minimum Gasteiger partial charge on any atom is -0.365 e. The Labute approximate surface area is 123 Å². The van der Waals surface area contributed by atoms with Gasteiger partial charge in [0.05, 0.1) is 16.3 Å². The summed E-state index contributed by atoms with van der Waals surface area (Å²) < 4.78 is 2.69. The molecule has 100 valence electrons. The van der Waals surface area contributed by atoms with Gasteiger partial charge in [0.15, 0.2) is 0 Å². The molecular weight excluding hydrogens is 294 g/mol. The SMILES string of the molecule is N=c1c(C(N)=O)cc(Cl)cn1-c1cccc2sccc12. The van der Waals surface area contributed by atoms with Crippen molar-refractivity contribution in [2.75, 3.05) is 0 Å². The van der Waals surface area contributed by atoms with E-state index in [0.717, 1.165) is 15.8 Å². The number of nitrogens with zero attached hydrogens (tertiary/aromatic N) is 1. The van der Waals surface area contributed by atoms with Crippen molar-refractivity contribution in [3.63, 3.8) is 0 Å². The van der Waals surface area contributed by atoms with Crippen LogP contribution in [0.15, 0.2) is 41.9 Å². The molecule has 2 heterocycles. The molecule has 1 aromatic carbocycles. The molecule has 0 aliphatic heterocycles. The van der Waals surface area contributed by atoms with Crippen molar-refractivity contribution in [2.24, 2.45) is 5.73 Å². The summed E-state index contributed by atoms with van der Waals surface area (Å²) in [5.74, 6) is -0.663. The summed E-state index contributed by atoms with van der Waals surface area (Å²) in [6, 6.07) is 9.19. The zero-order valence-corrected chi connectivity index (χ0v) is 11.8. The quantitative estimate of drug-likeness (QED) is 0.750. The van der Waals surface area contributed by atoms with Crippen molar-refractivity contribution in [1.82, 2.24) is 4.57 Å². The van der Waals surface area contributed by atoms with Gasteiger partial charge in [0.1, 0.15) is 5.49 Å². The maximum absolute atomic E-state index is 11.4. The fourth-order valence-electron chi connectivity index (χ4n) is 2.13. The number of carbonyl (C=O) groups is 1. The van der Waals surface area contributed by atoms with Crippen LogP contribution in [-0.2, 0) is 0 Å². The van der Waals surface area contributed by atoms with E-state index in [-0.39, 0.29) is 11.1 Å². The Morgan fingerprint density at radius 2 is 2.15 bits per heavy atom. The number of nitrogens with one attached hydrogen (secondary N) is 1. The van der Waals surface area contributed by atoms with Crippen molar-refractivity contribution < 1.29 is 4.79 Å². The highest BCUT2D eigenvalue weighted by molar-refractivity contribution is 7.17. The molecule has 0 saturated carbocycles. The molecule has 3 rings (SSSR count).